The lowest BCUT2D eigenvalue weighted by molar-refractivity contribution is -0.126. The molecule has 0 saturated carbocycles. The summed E-state index contributed by atoms with van der Waals surface area (Å²) < 4.78 is 13.5. The molecule has 0 fully saturated rings. The summed E-state index contributed by atoms with van der Waals surface area (Å²) in [5.74, 6) is -0.961. The van der Waals surface area contributed by atoms with Crippen LogP contribution in [0.15, 0.2) is 48.5 Å². The van der Waals surface area contributed by atoms with E-state index in [-0.39, 0.29) is 11.8 Å². The zero-order valence-electron chi connectivity index (χ0n) is 12.8. The molecule has 1 atom stereocenters. The molecule has 0 aliphatic carbocycles. The van der Waals surface area contributed by atoms with Crippen molar-refractivity contribution >= 4 is 17.5 Å². The SMILES string of the molecule is CC(=O)NC1C(=O)N(CCc2ccccc2)c2ccc(F)cc21. The number of carbonyl (C=O) groups excluding carboxylic acids is 2. The van der Waals surface area contributed by atoms with Gasteiger partial charge in [-0.15, -0.1) is 0 Å². The van der Waals surface area contributed by atoms with Crippen LogP contribution in [0.4, 0.5) is 10.1 Å². The van der Waals surface area contributed by atoms with E-state index in [1.807, 2.05) is 30.3 Å². The molecular formula is C18H17FN2O2. The molecule has 1 aliphatic heterocycles. The van der Waals surface area contributed by atoms with Crippen LogP contribution in [0.25, 0.3) is 0 Å². The summed E-state index contributed by atoms with van der Waals surface area (Å²) in [6.07, 6.45) is 0.691. The van der Waals surface area contributed by atoms with Crippen LogP contribution in [-0.2, 0) is 16.0 Å². The zero-order chi connectivity index (χ0) is 16.4. The third-order valence-electron chi connectivity index (χ3n) is 3.92. The van der Waals surface area contributed by atoms with E-state index in [4.69, 9.17) is 0 Å². The molecule has 0 bridgehead atoms. The highest BCUT2D eigenvalue weighted by molar-refractivity contribution is 6.06. The molecule has 0 radical (unpaired) electrons. The molecule has 2 aromatic carbocycles. The minimum absolute atomic E-state index is 0.225. The van der Waals surface area contributed by atoms with Crippen LogP contribution >= 0.6 is 0 Å². The molecule has 0 spiro atoms. The first-order valence-corrected chi connectivity index (χ1v) is 7.48. The molecule has 3 rings (SSSR count). The van der Waals surface area contributed by atoms with Crippen LogP contribution in [0.1, 0.15) is 24.1 Å². The third-order valence-corrected chi connectivity index (χ3v) is 3.92. The molecule has 23 heavy (non-hydrogen) atoms. The highest BCUT2D eigenvalue weighted by Crippen LogP contribution is 2.36. The first-order valence-electron chi connectivity index (χ1n) is 7.48. The average Bonchev–Trinajstić information content (AvgIpc) is 2.78. The number of benzene rings is 2. The van der Waals surface area contributed by atoms with Gasteiger partial charge in [0.2, 0.25) is 5.91 Å². The number of anilines is 1. The van der Waals surface area contributed by atoms with Gasteiger partial charge in [-0.3, -0.25) is 9.59 Å². The number of nitrogens with one attached hydrogen (secondary N) is 1. The number of nitrogens with zero attached hydrogens (tertiary/aromatic N) is 1. The van der Waals surface area contributed by atoms with E-state index in [9.17, 15) is 14.0 Å². The number of amides is 2. The first kappa shape index (κ1) is 15.2. The Morgan fingerprint density at radius 3 is 2.65 bits per heavy atom. The van der Waals surface area contributed by atoms with Crippen LogP contribution in [-0.4, -0.2) is 18.4 Å². The fraction of sp³-hybridized carbons (Fsp3) is 0.222. The van der Waals surface area contributed by atoms with E-state index in [1.165, 1.54) is 19.1 Å². The zero-order valence-corrected chi connectivity index (χ0v) is 12.8. The van der Waals surface area contributed by atoms with Crippen molar-refractivity contribution < 1.29 is 14.0 Å². The van der Waals surface area contributed by atoms with Gasteiger partial charge in [-0.05, 0) is 30.2 Å². The molecule has 1 N–H and O–H groups in total. The molecule has 2 aromatic rings. The van der Waals surface area contributed by atoms with Crippen LogP contribution in [0.5, 0.6) is 0 Å². The Hall–Kier alpha value is -2.69. The van der Waals surface area contributed by atoms with Crippen LogP contribution in [0.3, 0.4) is 0 Å². The number of hydrogen-bond acceptors (Lipinski definition) is 2. The first-order chi connectivity index (χ1) is 11.1. The molecule has 2 amide bonds. The van der Waals surface area contributed by atoms with Gasteiger partial charge in [0.1, 0.15) is 11.9 Å². The second-order valence-corrected chi connectivity index (χ2v) is 5.56. The van der Waals surface area contributed by atoms with Gasteiger partial charge in [-0.1, -0.05) is 30.3 Å². The van der Waals surface area contributed by atoms with Crippen molar-refractivity contribution in [3.8, 4) is 0 Å². The molecule has 1 heterocycles. The summed E-state index contributed by atoms with van der Waals surface area (Å²) in [5, 5.41) is 2.61. The number of fused-ring (bicyclic) bond motifs is 1. The summed E-state index contributed by atoms with van der Waals surface area (Å²) in [6.45, 7) is 1.83. The van der Waals surface area contributed by atoms with E-state index in [0.29, 0.717) is 24.2 Å². The lowest BCUT2D eigenvalue weighted by Crippen LogP contribution is -2.37. The predicted octanol–water partition coefficient (Wildman–Crippen LogP) is 2.59. The fourth-order valence-corrected chi connectivity index (χ4v) is 2.87. The van der Waals surface area contributed by atoms with Crippen LogP contribution in [0.2, 0.25) is 0 Å². The topological polar surface area (TPSA) is 49.4 Å². The van der Waals surface area contributed by atoms with Crippen molar-refractivity contribution in [1.82, 2.24) is 5.32 Å². The lowest BCUT2D eigenvalue weighted by atomic mass is 10.1. The molecule has 5 heteroatoms. The van der Waals surface area contributed by atoms with Gasteiger partial charge in [0, 0.05) is 24.7 Å². The van der Waals surface area contributed by atoms with Crippen molar-refractivity contribution in [2.45, 2.75) is 19.4 Å². The minimum Gasteiger partial charge on any atom is -0.341 e. The van der Waals surface area contributed by atoms with Crippen molar-refractivity contribution in [2.75, 3.05) is 11.4 Å². The Bertz CT molecular complexity index is 746. The van der Waals surface area contributed by atoms with E-state index in [2.05, 4.69) is 5.32 Å². The Labute approximate surface area is 133 Å². The molecule has 0 saturated heterocycles. The van der Waals surface area contributed by atoms with Crippen molar-refractivity contribution in [2.24, 2.45) is 0 Å². The Kier molecular flexibility index (Phi) is 4.10. The average molecular weight is 312 g/mol. The summed E-state index contributed by atoms with van der Waals surface area (Å²) >= 11 is 0. The van der Waals surface area contributed by atoms with Crippen molar-refractivity contribution in [3.05, 3.63) is 65.5 Å². The molecular weight excluding hydrogens is 295 g/mol. The van der Waals surface area contributed by atoms with Gasteiger partial charge in [0.15, 0.2) is 0 Å². The highest BCUT2D eigenvalue weighted by atomic mass is 19.1. The number of hydrogen-bond donors (Lipinski definition) is 1. The van der Waals surface area contributed by atoms with Crippen molar-refractivity contribution in [3.63, 3.8) is 0 Å². The normalized spacial score (nSPS) is 16.3. The molecule has 4 nitrogen and oxygen atoms in total. The highest BCUT2D eigenvalue weighted by Gasteiger charge is 2.37. The maximum atomic E-state index is 13.5. The molecule has 0 aromatic heterocycles. The van der Waals surface area contributed by atoms with Gasteiger partial charge in [0.25, 0.3) is 5.91 Å². The van der Waals surface area contributed by atoms with Gasteiger partial charge >= 0.3 is 0 Å². The van der Waals surface area contributed by atoms with E-state index < -0.39 is 11.9 Å². The standard InChI is InChI=1S/C18H17FN2O2/c1-12(22)20-17-15-11-14(19)7-8-16(15)21(18(17)23)10-9-13-5-3-2-4-6-13/h2-8,11,17H,9-10H2,1H3,(H,20,22). The van der Waals surface area contributed by atoms with Gasteiger partial charge in [-0.25, -0.2) is 4.39 Å². The number of halogens is 1. The monoisotopic (exact) mass is 312 g/mol. The maximum absolute atomic E-state index is 13.5. The number of rotatable bonds is 4. The largest absolute Gasteiger partial charge is 0.341 e. The third kappa shape index (κ3) is 3.08. The van der Waals surface area contributed by atoms with Gasteiger partial charge in [-0.2, -0.15) is 0 Å². The lowest BCUT2D eigenvalue weighted by Gasteiger charge is -2.18. The number of carbonyl (C=O) groups is 2. The quantitative estimate of drug-likeness (QED) is 0.943. The summed E-state index contributed by atoms with van der Waals surface area (Å²) in [7, 11) is 0. The fourth-order valence-electron chi connectivity index (χ4n) is 2.87. The Balaban J connectivity index is 1.86. The summed E-state index contributed by atoms with van der Waals surface area (Å²) in [4.78, 5) is 25.6. The predicted molar refractivity (Wildman–Crippen MR) is 85.5 cm³/mol. The second-order valence-electron chi connectivity index (χ2n) is 5.56. The molecule has 118 valence electrons. The molecule has 1 aliphatic rings. The smallest absolute Gasteiger partial charge is 0.254 e. The maximum Gasteiger partial charge on any atom is 0.254 e. The van der Waals surface area contributed by atoms with E-state index in [1.54, 1.807) is 11.0 Å². The van der Waals surface area contributed by atoms with Crippen molar-refractivity contribution in [1.29, 1.82) is 0 Å². The Morgan fingerprint density at radius 2 is 1.96 bits per heavy atom. The summed E-state index contributed by atoms with van der Waals surface area (Å²) in [6, 6.07) is 13.3. The second kappa shape index (κ2) is 6.20. The van der Waals surface area contributed by atoms with E-state index in [0.717, 1.165) is 5.56 Å². The van der Waals surface area contributed by atoms with Gasteiger partial charge < -0.3 is 10.2 Å². The van der Waals surface area contributed by atoms with Crippen LogP contribution in [0, 0.1) is 5.82 Å². The molecule has 1 unspecified atom stereocenters. The minimum atomic E-state index is -0.811. The van der Waals surface area contributed by atoms with Crippen LogP contribution < -0.4 is 10.2 Å². The van der Waals surface area contributed by atoms with E-state index >= 15 is 0 Å². The Morgan fingerprint density at radius 1 is 1.22 bits per heavy atom. The summed E-state index contributed by atoms with van der Waals surface area (Å²) in [5.41, 5.74) is 2.29. The van der Waals surface area contributed by atoms with Gasteiger partial charge in [0.05, 0.1) is 0 Å².